The van der Waals surface area contributed by atoms with Crippen LogP contribution < -0.4 is 0 Å². The van der Waals surface area contributed by atoms with Crippen LogP contribution in [0.2, 0.25) is 0 Å². The molecule has 3 heteroatoms. The van der Waals surface area contributed by atoms with Crippen molar-refractivity contribution in [1.29, 1.82) is 0 Å². The highest BCUT2D eigenvalue weighted by Crippen LogP contribution is 2.07. The van der Waals surface area contributed by atoms with E-state index in [4.69, 9.17) is 4.42 Å². The van der Waals surface area contributed by atoms with Crippen LogP contribution in [0.15, 0.2) is 35.0 Å². The summed E-state index contributed by atoms with van der Waals surface area (Å²) in [4.78, 5) is 2.28. The van der Waals surface area contributed by atoms with Crippen LogP contribution in [-0.4, -0.2) is 23.7 Å². The zero-order valence-electron chi connectivity index (χ0n) is 8.57. The lowest BCUT2D eigenvalue weighted by Gasteiger charge is -2.19. The number of rotatable bonds is 6. The molecule has 0 amide bonds. The normalized spacial score (nSPS) is 10.8. The fourth-order valence-corrected chi connectivity index (χ4v) is 1.37. The van der Waals surface area contributed by atoms with Crippen LogP contribution >= 0.6 is 12.6 Å². The van der Waals surface area contributed by atoms with Crippen LogP contribution in [-0.2, 0) is 6.54 Å². The molecule has 0 saturated carbocycles. The number of furan rings is 1. The molecule has 0 aromatic carbocycles. The summed E-state index contributed by atoms with van der Waals surface area (Å²) in [5, 5.41) is 0. The quantitative estimate of drug-likeness (QED) is 0.575. The van der Waals surface area contributed by atoms with Gasteiger partial charge in [-0.15, -0.1) is 0 Å². The predicted octanol–water partition coefficient (Wildman–Crippen LogP) is 2.59. The van der Waals surface area contributed by atoms with Crippen molar-refractivity contribution in [3.05, 3.63) is 36.3 Å². The van der Waals surface area contributed by atoms with E-state index >= 15 is 0 Å². The molecular formula is C11H17NOS. The van der Waals surface area contributed by atoms with E-state index in [2.05, 4.69) is 31.0 Å². The molecule has 0 unspecified atom stereocenters. The van der Waals surface area contributed by atoms with E-state index in [1.165, 1.54) is 0 Å². The van der Waals surface area contributed by atoms with E-state index in [0.29, 0.717) is 0 Å². The van der Waals surface area contributed by atoms with Crippen molar-refractivity contribution in [1.82, 2.24) is 4.90 Å². The third-order valence-corrected chi connectivity index (χ3v) is 2.52. The van der Waals surface area contributed by atoms with Crippen LogP contribution in [0, 0.1) is 0 Å². The summed E-state index contributed by atoms with van der Waals surface area (Å²) in [5.74, 6) is 1.74. The molecule has 14 heavy (non-hydrogen) atoms. The van der Waals surface area contributed by atoms with E-state index in [1.54, 1.807) is 6.26 Å². The molecule has 0 fully saturated rings. The summed E-state index contributed by atoms with van der Waals surface area (Å²) < 4.78 is 5.29. The number of nitrogens with zero attached hydrogens (tertiary/aromatic N) is 1. The number of likely N-dealkylation sites (N-methyl/N-ethyl adjacent to an activating group) is 1. The van der Waals surface area contributed by atoms with Crippen molar-refractivity contribution >= 4 is 12.6 Å². The fourth-order valence-electron chi connectivity index (χ4n) is 1.27. The van der Waals surface area contributed by atoms with Crippen molar-refractivity contribution in [3.63, 3.8) is 0 Å². The SMILES string of the molecule is C=C(CS)CN(CC)Cc1ccco1. The largest absolute Gasteiger partial charge is 0.468 e. The Bertz CT molecular complexity index is 269. The molecule has 0 atom stereocenters. The van der Waals surface area contributed by atoms with Crippen LogP contribution in [0.3, 0.4) is 0 Å². The van der Waals surface area contributed by atoms with Gasteiger partial charge in [0, 0.05) is 12.3 Å². The van der Waals surface area contributed by atoms with Crippen LogP contribution in [0.1, 0.15) is 12.7 Å². The fraction of sp³-hybridized carbons (Fsp3) is 0.455. The second-order valence-electron chi connectivity index (χ2n) is 3.29. The summed E-state index contributed by atoms with van der Waals surface area (Å²) in [6.45, 7) is 8.80. The Morgan fingerprint density at radius 2 is 2.43 bits per heavy atom. The third kappa shape index (κ3) is 3.60. The number of thiol groups is 1. The van der Waals surface area contributed by atoms with Gasteiger partial charge in [0.15, 0.2) is 0 Å². The molecule has 0 aliphatic rings. The van der Waals surface area contributed by atoms with Gasteiger partial charge in [-0.25, -0.2) is 0 Å². The zero-order valence-corrected chi connectivity index (χ0v) is 9.46. The summed E-state index contributed by atoms with van der Waals surface area (Å²) in [5.41, 5.74) is 1.14. The summed E-state index contributed by atoms with van der Waals surface area (Å²) in [7, 11) is 0. The molecule has 1 aromatic heterocycles. The topological polar surface area (TPSA) is 16.4 Å². The Kier molecular flexibility index (Phi) is 4.84. The molecule has 0 bridgehead atoms. The standard InChI is InChI=1S/C11H17NOS/c1-3-12(7-10(2)9-14)8-11-5-4-6-13-11/h4-6,14H,2-3,7-9H2,1H3. The Balaban J connectivity index is 2.43. The first kappa shape index (κ1) is 11.4. The monoisotopic (exact) mass is 211 g/mol. The van der Waals surface area contributed by atoms with Gasteiger partial charge in [0.1, 0.15) is 5.76 Å². The Hall–Kier alpha value is -0.670. The number of hydrogen-bond acceptors (Lipinski definition) is 3. The van der Waals surface area contributed by atoms with Crippen molar-refractivity contribution < 1.29 is 4.42 Å². The van der Waals surface area contributed by atoms with E-state index in [0.717, 1.165) is 36.7 Å². The molecular weight excluding hydrogens is 194 g/mol. The number of hydrogen-bond donors (Lipinski definition) is 1. The highest BCUT2D eigenvalue weighted by atomic mass is 32.1. The minimum absolute atomic E-state index is 0.745. The second kappa shape index (κ2) is 5.94. The molecule has 1 heterocycles. The maximum Gasteiger partial charge on any atom is 0.117 e. The van der Waals surface area contributed by atoms with Crippen LogP contribution in [0.5, 0.6) is 0 Å². The lowest BCUT2D eigenvalue weighted by Crippen LogP contribution is -2.25. The molecule has 0 saturated heterocycles. The first-order valence-corrected chi connectivity index (χ1v) is 5.41. The lowest BCUT2D eigenvalue weighted by molar-refractivity contribution is 0.276. The molecule has 78 valence electrons. The molecule has 1 rings (SSSR count). The smallest absolute Gasteiger partial charge is 0.117 e. The van der Waals surface area contributed by atoms with Gasteiger partial charge in [-0.05, 0) is 18.7 Å². The van der Waals surface area contributed by atoms with Gasteiger partial charge >= 0.3 is 0 Å². The summed E-state index contributed by atoms with van der Waals surface area (Å²) in [6, 6.07) is 3.91. The predicted molar refractivity (Wildman–Crippen MR) is 62.7 cm³/mol. The van der Waals surface area contributed by atoms with Crippen LogP contribution in [0.25, 0.3) is 0 Å². The molecule has 0 aliphatic heterocycles. The Morgan fingerprint density at radius 1 is 1.64 bits per heavy atom. The summed E-state index contributed by atoms with van der Waals surface area (Å²) in [6.07, 6.45) is 1.70. The van der Waals surface area contributed by atoms with Gasteiger partial charge in [-0.1, -0.05) is 19.1 Å². The minimum atomic E-state index is 0.745. The zero-order chi connectivity index (χ0) is 10.4. The maximum atomic E-state index is 5.29. The van der Waals surface area contributed by atoms with E-state index in [1.807, 2.05) is 12.1 Å². The van der Waals surface area contributed by atoms with E-state index < -0.39 is 0 Å². The van der Waals surface area contributed by atoms with Crippen molar-refractivity contribution in [2.75, 3.05) is 18.8 Å². The second-order valence-corrected chi connectivity index (χ2v) is 3.61. The average molecular weight is 211 g/mol. The summed E-state index contributed by atoms with van der Waals surface area (Å²) >= 11 is 4.19. The molecule has 0 radical (unpaired) electrons. The van der Waals surface area contributed by atoms with E-state index in [-0.39, 0.29) is 0 Å². The van der Waals surface area contributed by atoms with Crippen molar-refractivity contribution in [2.24, 2.45) is 0 Å². The first-order valence-electron chi connectivity index (χ1n) is 4.78. The van der Waals surface area contributed by atoms with Crippen LogP contribution in [0.4, 0.5) is 0 Å². The van der Waals surface area contributed by atoms with Gasteiger partial charge < -0.3 is 4.42 Å². The Labute approximate surface area is 91.0 Å². The molecule has 0 aliphatic carbocycles. The molecule has 0 N–H and O–H groups in total. The van der Waals surface area contributed by atoms with Gasteiger partial charge in [0.25, 0.3) is 0 Å². The van der Waals surface area contributed by atoms with Gasteiger partial charge in [0.2, 0.25) is 0 Å². The Morgan fingerprint density at radius 3 is 2.93 bits per heavy atom. The highest BCUT2D eigenvalue weighted by Gasteiger charge is 2.06. The highest BCUT2D eigenvalue weighted by molar-refractivity contribution is 7.80. The minimum Gasteiger partial charge on any atom is -0.468 e. The van der Waals surface area contributed by atoms with Gasteiger partial charge in [-0.2, -0.15) is 12.6 Å². The van der Waals surface area contributed by atoms with Gasteiger partial charge in [0.05, 0.1) is 12.8 Å². The maximum absolute atomic E-state index is 5.29. The molecule has 2 nitrogen and oxygen atoms in total. The lowest BCUT2D eigenvalue weighted by atomic mass is 10.3. The first-order chi connectivity index (χ1) is 6.76. The molecule has 0 spiro atoms. The van der Waals surface area contributed by atoms with Crippen molar-refractivity contribution in [2.45, 2.75) is 13.5 Å². The van der Waals surface area contributed by atoms with Crippen molar-refractivity contribution in [3.8, 4) is 0 Å². The third-order valence-electron chi connectivity index (χ3n) is 2.08. The van der Waals surface area contributed by atoms with Gasteiger partial charge in [-0.3, -0.25) is 4.90 Å². The molecule has 1 aromatic rings. The average Bonchev–Trinajstić information content (AvgIpc) is 2.69. The van der Waals surface area contributed by atoms with E-state index in [9.17, 15) is 0 Å².